The Morgan fingerprint density at radius 2 is 1.42 bits per heavy atom. The van der Waals surface area contributed by atoms with Gasteiger partial charge in [0.15, 0.2) is 0 Å². The average molecular weight is 603 g/mol. The van der Waals surface area contributed by atoms with Crippen LogP contribution < -0.4 is 5.32 Å². The van der Waals surface area contributed by atoms with Crippen LogP contribution in [-0.2, 0) is 20.7 Å². The van der Waals surface area contributed by atoms with E-state index >= 15 is 0 Å². The van der Waals surface area contributed by atoms with Crippen LogP contribution in [0, 0.1) is 0 Å². The predicted molar refractivity (Wildman–Crippen MR) is 172 cm³/mol. The molecule has 1 heterocycles. The van der Waals surface area contributed by atoms with Crippen molar-refractivity contribution in [1.82, 2.24) is 9.88 Å². The molecule has 0 aliphatic heterocycles. The number of amides is 1. The first-order chi connectivity index (χ1) is 21.6. The van der Waals surface area contributed by atoms with E-state index in [0.717, 1.165) is 33.4 Å². The number of aromatic nitrogens is 1. The smallest absolute Gasteiger partial charge is 0.419 e. The van der Waals surface area contributed by atoms with E-state index in [0.29, 0.717) is 16.5 Å². The zero-order valence-corrected chi connectivity index (χ0v) is 25.3. The SMILES string of the molecule is CC(C)(C)OC(=O)n1cc(C[C@H](NC(=O)OCC2c3ccccc3-c3ccccc32)C(=O)O)c2cccc(-c3ccccc3)c21. The fraction of sp³-hybridized carbons (Fsp3) is 0.216. The zero-order chi connectivity index (χ0) is 31.7. The van der Waals surface area contributed by atoms with Crippen LogP contribution in [0.5, 0.6) is 0 Å². The minimum atomic E-state index is -1.31. The summed E-state index contributed by atoms with van der Waals surface area (Å²) in [4.78, 5) is 38.8. The molecule has 4 aromatic carbocycles. The lowest BCUT2D eigenvalue weighted by Crippen LogP contribution is -2.42. The van der Waals surface area contributed by atoms with Crippen molar-refractivity contribution in [1.29, 1.82) is 0 Å². The molecule has 8 heteroatoms. The van der Waals surface area contributed by atoms with E-state index in [9.17, 15) is 19.5 Å². The lowest BCUT2D eigenvalue weighted by atomic mass is 9.98. The van der Waals surface area contributed by atoms with Gasteiger partial charge < -0.3 is 19.9 Å². The Balaban J connectivity index is 1.26. The van der Waals surface area contributed by atoms with Gasteiger partial charge in [0.25, 0.3) is 0 Å². The van der Waals surface area contributed by atoms with Crippen molar-refractivity contribution in [2.45, 2.75) is 44.8 Å². The van der Waals surface area contributed by atoms with E-state index in [1.165, 1.54) is 4.57 Å². The summed E-state index contributed by atoms with van der Waals surface area (Å²) in [5.74, 6) is -1.38. The van der Waals surface area contributed by atoms with Gasteiger partial charge in [-0.15, -0.1) is 0 Å². The maximum Gasteiger partial charge on any atom is 0.419 e. The summed E-state index contributed by atoms with van der Waals surface area (Å²) in [5, 5.41) is 13.3. The third kappa shape index (κ3) is 6.04. The van der Waals surface area contributed by atoms with Crippen LogP contribution in [0.2, 0.25) is 0 Å². The fourth-order valence-electron chi connectivity index (χ4n) is 6.02. The molecule has 0 saturated carbocycles. The van der Waals surface area contributed by atoms with Gasteiger partial charge in [-0.2, -0.15) is 0 Å². The highest BCUT2D eigenvalue weighted by molar-refractivity contribution is 6.01. The molecule has 5 aromatic rings. The molecule has 0 radical (unpaired) electrons. The molecular weight excluding hydrogens is 568 g/mol. The standard InChI is InChI=1S/C37H34N2O6/c1-37(2,3)45-36(43)39-21-24(26-19-11-18-25(33(26)39)23-12-5-4-6-13-23)20-32(34(40)41)38-35(42)44-22-31-29-16-9-7-14-27(29)28-15-8-10-17-30(28)31/h4-19,21,31-32H,20,22H2,1-3H3,(H,38,42)(H,40,41)/t32-/m0/s1. The molecule has 1 atom stereocenters. The fourth-order valence-corrected chi connectivity index (χ4v) is 6.02. The second-order valence-corrected chi connectivity index (χ2v) is 12.1. The molecule has 1 aromatic heterocycles. The Kier molecular flexibility index (Phi) is 7.89. The lowest BCUT2D eigenvalue weighted by Gasteiger charge is -2.20. The highest BCUT2D eigenvalue weighted by atomic mass is 16.6. The second kappa shape index (κ2) is 12.0. The molecular formula is C37H34N2O6. The number of rotatable bonds is 7. The van der Waals surface area contributed by atoms with Crippen molar-refractivity contribution in [3.8, 4) is 22.3 Å². The van der Waals surface area contributed by atoms with Crippen molar-refractivity contribution in [3.05, 3.63) is 120 Å². The molecule has 1 amide bonds. The van der Waals surface area contributed by atoms with E-state index in [4.69, 9.17) is 9.47 Å². The van der Waals surface area contributed by atoms with Gasteiger partial charge in [-0.1, -0.05) is 97.1 Å². The van der Waals surface area contributed by atoms with Crippen LogP contribution in [0.25, 0.3) is 33.2 Å². The molecule has 8 nitrogen and oxygen atoms in total. The van der Waals surface area contributed by atoms with E-state index in [-0.39, 0.29) is 18.9 Å². The van der Waals surface area contributed by atoms with Crippen molar-refractivity contribution < 1.29 is 29.0 Å². The van der Waals surface area contributed by atoms with Gasteiger partial charge in [-0.3, -0.25) is 4.57 Å². The third-order valence-corrected chi connectivity index (χ3v) is 7.94. The molecule has 0 fully saturated rings. The van der Waals surface area contributed by atoms with Gasteiger partial charge in [0.1, 0.15) is 18.2 Å². The number of ether oxygens (including phenoxy) is 2. The summed E-state index contributed by atoms with van der Waals surface area (Å²) in [6.07, 6.45) is 0.105. The van der Waals surface area contributed by atoms with E-state index in [1.807, 2.05) is 97.1 Å². The maximum absolute atomic E-state index is 13.4. The molecule has 6 rings (SSSR count). The second-order valence-electron chi connectivity index (χ2n) is 12.1. The van der Waals surface area contributed by atoms with Crippen molar-refractivity contribution in [2.75, 3.05) is 6.61 Å². The van der Waals surface area contributed by atoms with Gasteiger partial charge in [-0.05, 0) is 54.2 Å². The number of carboxylic acids is 1. The predicted octanol–water partition coefficient (Wildman–Crippen LogP) is 7.63. The largest absolute Gasteiger partial charge is 0.480 e. The van der Waals surface area contributed by atoms with Gasteiger partial charge >= 0.3 is 18.2 Å². The first-order valence-corrected chi connectivity index (χ1v) is 14.9. The van der Waals surface area contributed by atoms with Crippen LogP contribution in [0.4, 0.5) is 9.59 Å². The Hall–Kier alpha value is -5.37. The van der Waals surface area contributed by atoms with Crippen molar-refractivity contribution >= 4 is 29.1 Å². The highest BCUT2D eigenvalue weighted by Crippen LogP contribution is 2.44. The molecule has 0 bridgehead atoms. The molecule has 1 aliphatic carbocycles. The number of para-hydroxylation sites is 1. The number of alkyl carbamates (subject to hydrolysis) is 1. The Morgan fingerprint density at radius 3 is 2.04 bits per heavy atom. The van der Waals surface area contributed by atoms with Crippen molar-refractivity contribution in [2.24, 2.45) is 0 Å². The summed E-state index contributed by atoms with van der Waals surface area (Å²) in [7, 11) is 0. The molecule has 228 valence electrons. The number of benzene rings is 4. The van der Waals surface area contributed by atoms with Crippen LogP contribution in [-0.4, -0.2) is 46.1 Å². The maximum atomic E-state index is 13.4. The minimum Gasteiger partial charge on any atom is -0.480 e. The number of hydrogen-bond donors (Lipinski definition) is 2. The highest BCUT2D eigenvalue weighted by Gasteiger charge is 2.31. The first-order valence-electron chi connectivity index (χ1n) is 14.9. The van der Waals surface area contributed by atoms with Gasteiger partial charge in [0, 0.05) is 29.5 Å². The summed E-state index contributed by atoms with van der Waals surface area (Å²) >= 11 is 0. The number of carboxylic acid groups (broad SMARTS) is 1. The van der Waals surface area contributed by atoms with Gasteiger partial charge in [-0.25, -0.2) is 14.4 Å². The molecule has 2 N–H and O–H groups in total. The van der Waals surface area contributed by atoms with Gasteiger partial charge in [0.2, 0.25) is 0 Å². The average Bonchev–Trinajstić information content (AvgIpc) is 3.55. The quantitative estimate of drug-likeness (QED) is 0.198. The normalized spacial score (nSPS) is 13.1. The summed E-state index contributed by atoms with van der Waals surface area (Å²) in [5.41, 5.74) is 6.42. The Morgan fingerprint density at radius 1 is 0.822 bits per heavy atom. The zero-order valence-electron chi connectivity index (χ0n) is 25.3. The number of fused-ring (bicyclic) bond motifs is 4. The monoisotopic (exact) mass is 602 g/mol. The molecule has 1 aliphatic rings. The van der Waals surface area contributed by atoms with E-state index < -0.39 is 29.8 Å². The molecule has 0 saturated heterocycles. The Bertz CT molecular complexity index is 1860. The number of carbonyl (C=O) groups excluding carboxylic acids is 2. The third-order valence-electron chi connectivity index (χ3n) is 7.94. The first kappa shape index (κ1) is 29.7. The summed E-state index contributed by atoms with van der Waals surface area (Å²) in [6.45, 7) is 5.42. The lowest BCUT2D eigenvalue weighted by molar-refractivity contribution is -0.139. The summed E-state index contributed by atoms with van der Waals surface area (Å²) in [6, 6.07) is 29.9. The van der Waals surface area contributed by atoms with Crippen LogP contribution in [0.15, 0.2) is 103 Å². The molecule has 0 unspecified atom stereocenters. The minimum absolute atomic E-state index is 0.0601. The number of nitrogens with zero attached hydrogens (tertiary/aromatic N) is 1. The van der Waals surface area contributed by atoms with Crippen LogP contribution in [0.1, 0.15) is 43.4 Å². The van der Waals surface area contributed by atoms with Crippen molar-refractivity contribution in [3.63, 3.8) is 0 Å². The number of nitrogens with one attached hydrogen (secondary N) is 1. The van der Waals surface area contributed by atoms with E-state index in [2.05, 4.69) is 5.32 Å². The number of aliphatic carboxylic acids is 1. The molecule has 0 spiro atoms. The number of hydrogen-bond acceptors (Lipinski definition) is 5. The Labute approximate surface area is 261 Å². The van der Waals surface area contributed by atoms with E-state index in [1.54, 1.807) is 27.0 Å². The molecule has 45 heavy (non-hydrogen) atoms. The summed E-state index contributed by atoms with van der Waals surface area (Å²) < 4.78 is 12.8. The van der Waals surface area contributed by atoms with Crippen LogP contribution >= 0.6 is 0 Å². The topological polar surface area (TPSA) is 107 Å². The van der Waals surface area contributed by atoms with Crippen LogP contribution in [0.3, 0.4) is 0 Å². The number of carbonyl (C=O) groups is 3. The van der Waals surface area contributed by atoms with Gasteiger partial charge in [0.05, 0.1) is 5.52 Å².